The molecule has 0 saturated carbocycles. The van der Waals surface area contributed by atoms with Crippen LogP contribution in [0.5, 0.6) is 0 Å². The van der Waals surface area contributed by atoms with Crippen molar-refractivity contribution in [2.45, 2.75) is 52.9 Å². The summed E-state index contributed by atoms with van der Waals surface area (Å²) in [6.45, 7) is 10.8. The molecule has 0 aliphatic carbocycles. The molecule has 3 aromatic carbocycles. The van der Waals surface area contributed by atoms with E-state index in [-0.39, 0.29) is 12.0 Å². The summed E-state index contributed by atoms with van der Waals surface area (Å²) in [4.78, 5) is 5.30. The largest absolute Gasteiger partial charge is 0.341 e. The molecule has 0 saturated heterocycles. The van der Waals surface area contributed by atoms with Crippen molar-refractivity contribution < 1.29 is 4.74 Å². The maximum Gasteiger partial charge on any atom is 0.185 e. The van der Waals surface area contributed by atoms with E-state index in [1.54, 1.807) is 0 Å². The monoisotopic (exact) mass is 397 g/mol. The van der Waals surface area contributed by atoms with Gasteiger partial charge < -0.3 is 4.74 Å². The van der Waals surface area contributed by atoms with Crippen LogP contribution in [-0.2, 0) is 10.5 Å². The van der Waals surface area contributed by atoms with Gasteiger partial charge in [0.05, 0.1) is 11.8 Å². The zero-order valence-electron chi connectivity index (χ0n) is 18.6. The second-order valence-electron chi connectivity index (χ2n) is 8.60. The standard InChI is InChI=1S/C28H31NO/c1-6-28(25-17-11-21(4)12-18-25)29-26(23-13-7-19(2)8-14-23)22(5)27(30-28)24-15-9-20(3)10-16-24/h7-18,22,27H,6H2,1-5H3/t22-,27+,28-/m0/s1. The van der Waals surface area contributed by atoms with Crippen molar-refractivity contribution in [3.63, 3.8) is 0 Å². The van der Waals surface area contributed by atoms with Crippen molar-refractivity contribution in [1.82, 2.24) is 0 Å². The summed E-state index contributed by atoms with van der Waals surface area (Å²) >= 11 is 0. The Balaban J connectivity index is 1.88. The summed E-state index contributed by atoms with van der Waals surface area (Å²) in [6, 6.07) is 26.1. The van der Waals surface area contributed by atoms with Crippen molar-refractivity contribution >= 4 is 5.71 Å². The van der Waals surface area contributed by atoms with E-state index in [2.05, 4.69) is 107 Å². The minimum atomic E-state index is -0.685. The normalized spacial score (nSPS) is 23.8. The second-order valence-corrected chi connectivity index (χ2v) is 8.60. The molecule has 0 spiro atoms. The Bertz CT molecular complexity index is 1030. The fourth-order valence-electron chi connectivity index (χ4n) is 4.26. The molecule has 2 nitrogen and oxygen atoms in total. The summed E-state index contributed by atoms with van der Waals surface area (Å²) in [6.07, 6.45) is 0.723. The van der Waals surface area contributed by atoms with Crippen LogP contribution in [0.2, 0.25) is 0 Å². The van der Waals surface area contributed by atoms with Crippen molar-refractivity contribution in [3.8, 4) is 0 Å². The van der Waals surface area contributed by atoms with Crippen molar-refractivity contribution in [1.29, 1.82) is 0 Å². The molecular formula is C28H31NO. The number of nitrogens with zero attached hydrogens (tertiary/aromatic N) is 1. The van der Waals surface area contributed by atoms with Crippen LogP contribution in [0.4, 0.5) is 0 Å². The molecule has 30 heavy (non-hydrogen) atoms. The molecule has 1 aliphatic heterocycles. The molecule has 2 heteroatoms. The predicted molar refractivity (Wildman–Crippen MR) is 125 cm³/mol. The van der Waals surface area contributed by atoms with E-state index in [4.69, 9.17) is 9.73 Å². The van der Waals surface area contributed by atoms with E-state index < -0.39 is 5.72 Å². The predicted octanol–water partition coefficient (Wildman–Crippen LogP) is 7.07. The van der Waals surface area contributed by atoms with E-state index >= 15 is 0 Å². The lowest BCUT2D eigenvalue weighted by Crippen LogP contribution is -2.40. The first kappa shape index (κ1) is 20.6. The van der Waals surface area contributed by atoms with Gasteiger partial charge in [-0.3, -0.25) is 4.99 Å². The van der Waals surface area contributed by atoms with Gasteiger partial charge in [-0.2, -0.15) is 0 Å². The average Bonchev–Trinajstić information content (AvgIpc) is 2.76. The van der Waals surface area contributed by atoms with Gasteiger partial charge in [-0.05, 0) is 38.3 Å². The molecular weight excluding hydrogens is 366 g/mol. The van der Waals surface area contributed by atoms with Gasteiger partial charge >= 0.3 is 0 Å². The Morgan fingerprint density at radius 3 is 1.80 bits per heavy atom. The maximum atomic E-state index is 6.88. The van der Waals surface area contributed by atoms with Crippen molar-refractivity contribution in [2.75, 3.05) is 0 Å². The maximum absolute atomic E-state index is 6.88. The third-order valence-electron chi connectivity index (χ3n) is 6.24. The lowest BCUT2D eigenvalue weighted by Gasteiger charge is -2.42. The molecule has 0 fully saturated rings. The number of hydrogen-bond acceptors (Lipinski definition) is 2. The summed E-state index contributed by atoms with van der Waals surface area (Å²) in [5, 5.41) is 0. The summed E-state index contributed by atoms with van der Waals surface area (Å²) in [7, 11) is 0. The van der Waals surface area contributed by atoms with E-state index in [9.17, 15) is 0 Å². The summed E-state index contributed by atoms with van der Waals surface area (Å²) in [5.74, 6) is 0.153. The first-order valence-electron chi connectivity index (χ1n) is 10.9. The summed E-state index contributed by atoms with van der Waals surface area (Å²) in [5.41, 5.74) is 7.70. The highest BCUT2D eigenvalue weighted by atomic mass is 16.5. The van der Waals surface area contributed by atoms with E-state index in [1.807, 2.05) is 0 Å². The zero-order valence-corrected chi connectivity index (χ0v) is 18.6. The quantitative estimate of drug-likeness (QED) is 0.461. The minimum absolute atomic E-state index is 0.0549. The SMILES string of the molecule is CC[C@]1(c2ccc(C)cc2)N=C(c2ccc(C)cc2)[C@H](C)[C@H](c2ccc(C)cc2)O1. The summed E-state index contributed by atoms with van der Waals surface area (Å²) < 4.78 is 6.88. The Labute approximate surface area is 180 Å². The molecule has 0 radical (unpaired) electrons. The van der Waals surface area contributed by atoms with Gasteiger partial charge in [0.25, 0.3) is 0 Å². The molecule has 0 unspecified atom stereocenters. The van der Waals surface area contributed by atoms with Crippen LogP contribution >= 0.6 is 0 Å². The Hall–Kier alpha value is -2.71. The highest BCUT2D eigenvalue weighted by Gasteiger charge is 2.42. The Kier molecular flexibility index (Phi) is 5.62. The fraction of sp³-hybridized carbons (Fsp3) is 0.321. The molecule has 1 heterocycles. The van der Waals surface area contributed by atoms with Gasteiger partial charge in [-0.15, -0.1) is 0 Å². The highest BCUT2D eigenvalue weighted by Crippen LogP contribution is 2.45. The van der Waals surface area contributed by atoms with Crippen LogP contribution in [0.3, 0.4) is 0 Å². The van der Waals surface area contributed by atoms with Crippen LogP contribution in [-0.4, -0.2) is 5.71 Å². The molecule has 3 aromatic rings. The fourth-order valence-corrected chi connectivity index (χ4v) is 4.26. The first-order valence-corrected chi connectivity index (χ1v) is 10.9. The van der Waals surface area contributed by atoms with Gasteiger partial charge in [0.15, 0.2) is 5.72 Å². The van der Waals surface area contributed by atoms with Gasteiger partial charge in [0.2, 0.25) is 0 Å². The Morgan fingerprint density at radius 2 is 1.27 bits per heavy atom. The number of rotatable bonds is 4. The number of benzene rings is 3. The lowest BCUT2D eigenvalue weighted by atomic mass is 9.85. The van der Waals surface area contributed by atoms with Crippen LogP contribution in [0.1, 0.15) is 59.8 Å². The van der Waals surface area contributed by atoms with E-state index in [1.165, 1.54) is 27.8 Å². The van der Waals surface area contributed by atoms with E-state index in [0.29, 0.717) is 0 Å². The van der Waals surface area contributed by atoms with Gasteiger partial charge in [-0.1, -0.05) is 103 Å². The topological polar surface area (TPSA) is 21.6 Å². The number of ether oxygens (including phenoxy) is 1. The second kappa shape index (κ2) is 8.20. The first-order chi connectivity index (χ1) is 14.4. The third-order valence-corrected chi connectivity index (χ3v) is 6.24. The van der Waals surface area contributed by atoms with E-state index in [0.717, 1.165) is 17.7 Å². The van der Waals surface area contributed by atoms with Crippen LogP contribution in [0.25, 0.3) is 0 Å². The molecule has 4 rings (SSSR count). The van der Waals surface area contributed by atoms with Gasteiger partial charge in [0, 0.05) is 11.5 Å². The number of hydrogen-bond donors (Lipinski definition) is 0. The number of aryl methyl sites for hydroxylation is 3. The smallest absolute Gasteiger partial charge is 0.185 e. The van der Waals surface area contributed by atoms with Crippen LogP contribution < -0.4 is 0 Å². The molecule has 3 atom stereocenters. The number of aliphatic imine (C=N–C) groups is 1. The van der Waals surface area contributed by atoms with Crippen molar-refractivity contribution in [2.24, 2.45) is 10.9 Å². The molecule has 1 aliphatic rings. The van der Waals surface area contributed by atoms with Gasteiger partial charge in [-0.25, -0.2) is 0 Å². The Morgan fingerprint density at radius 1 is 0.767 bits per heavy atom. The highest BCUT2D eigenvalue weighted by molar-refractivity contribution is 6.03. The molecule has 0 amide bonds. The molecule has 154 valence electrons. The average molecular weight is 398 g/mol. The third kappa shape index (κ3) is 3.85. The minimum Gasteiger partial charge on any atom is -0.341 e. The van der Waals surface area contributed by atoms with Crippen LogP contribution in [0, 0.1) is 26.7 Å². The van der Waals surface area contributed by atoms with Crippen LogP contribution in [0.15, 0.2) is 77.8 Å². The van der Waals surface area contributed by atoms with Crippen molar-refractivity contribution in [3.05, 3.63) is 106 Å². The lowest BCUT2D eigenvalue weighted by molar-refractivity contribution is -0.120. The van der Waals surface area contributed by atoms with Gasteiger partial charge in [0.1, 0.15) is 0 Å². The molecule has 0 N–H and O–H groups in total. The molecule has 0 aromatic heterocycles. The zero-order chi connectivity index (χ0) is 21.3. The molecule has 0 bridgehead atoms.